The highest BCUT2D eigenvalue weighted by Crippen LogP contribution is 2.44. The molecule has 0 fully saturated rings. The molecule has 0 spiro atoms. The third kappa shape index (κ3) is 2.67. The van der Waals surface area contributed by atoms with E-state index < -0.39 is 0 Å². The Hall–Kier alpha value is -0.420. The third-order valence-electron chi connectivity index (χ3n) is 3.64. The molecule has 0 saturated carbocycles. The summed E-state index contributed by atoms with van der Waals surface area (Å²) in [5.74, 6) is 0. The molecule has 20 heavy (non-hydrogen) atoms. The molecular weight excluding hydrogens is 356 g/mol. The van der Waals surface area contributed by atoms with Crippen molar-refractivity contribution in [2.45, 2.75) is 32.7 Å². The number of hydrogen-bond donors (Lipinski definition) is 1. The van der Waals surface area contributed by atoms with Crippen LogP contribution in [-0.4, -0.2) is 4.98 Å². The van der Waals surface area contributed by atoms with E-state index >= 15 is 0 Å². The molecule has 0 radical (unpaired) electrons. The molecule has 1 heterocycles. The molecule has 0 saturated heterocycles. The number of thiazole rings is 1. The first-order valence-electron chi connectivity index (χ1n) is 6.56. The summed E-state index contributed by atoms with van der Waals surface area (Å²) in [5, 5.41) is 1.72. The summed E-state index contributed by atoms with van der Waals surface area (Å²) in [4.78, 5) is 6.05. The van der Waals surface area contributed by atoms with Crippen LogP contribution in [0.25, 0.3) is 10.6 Å². The van der Waals surface area contributed by atoms with Crippen molar-refractivity contribution in [3.05, 3.63) is 38.3 Å². The molecule has 1 atom stereocenters. The van der Waals surface area contributed by atoms with Crippen LogP contribution in [0.2, 0.25) is 5.02 Å². The fraction of sp³-hybridized carbons (Fsp3) is 0.400. The van der Waals surface area contributed by atoms with Gasteiger partial charge in [-0.3, -0.25) is 0 Å². The van der Waals surface area contributed by atoms with Crippen LogP contribution in [0.4, 0.5) is 0 Å². The average molecular weight is 372 g/mol. The minimum absolute atomic E-state index is 0.0953. The van der Waals surface area contributed by atoms with Crippen LogP contribution in [0.1, 0.15) is 36.9 Å². The predicted octanol–water partition coefficient (Wildman–Crippen LogP) is 5.20. The van der Waals surface area contributed by atoms with Gasteiger partial charge in [-0.05, 0) is 36.5 Å². The van der Waals surface area contributed by atoms with E-state index in [2.05, 4.69) is 29.8 Å². The minimum atomic E-state index is 0.0953. The van der Waals surface area contributed by atoms with Crippen molar-refractivity contribution in [2.75, 3.05) is 0 Å². The van der Waals surface area contributed by atoms with E-state index in [1.54, 1.807) is 11.3 Å². The molecule has 0 amide bonds. The fourth-order valence-electron chi connectivity index (χ4n) is 2.77. The van der Waals surface area contributed by atoms with E-state index in [4.69, 9.17) is 22.3 Å². The van der Waals surface area contributed by atoms with Crippen LogP contribution in [0.15, 0.2) is 22.7 Å². The lowest BCUT2D eigenvalue weighted by Gasteiger charge is -2.32. The maximum absolute atomic E-state index is 6.31. The third-order valence-corrected chi connectivity index (χ3v) is 5.83. The van der Waals surface area contributed by atoms with E-state index in [9.17, 15) is 0 Å². The maximum Gasteiger partial charge on any atom is 0.125 e. The predicted molar refractivity (Wildman–Crippen MR) is 89.3 cm³/mol. The number of aromatic nitrogens is 1. The SMILES string of the molecule is CC1(C)Cc2nc(-c3cc(Cl)ccc3Br)sc2C(N)C1. The van der Waals surface area contributed by atoms with Gasteiger partial charge >= 0.3 is 0 Å². The van der Waals surface area contributed by atoms with E-state index in [0.29, 0.717) is 0 Å². The van der Waals surface area contributed by atoms with Gasteiger partial charge in [0.25, 0.3) is 0 Å². The smallest absolute Gasteiger partial charge is 0.125 e. The maximum atomic E-state index is 6.31. The Balaban J connectivity index is 2.08. The van der Waals surface area contributed by atoms with Gasteiger partial charge in [0.1, 0.15) is 5.01 Å². The number of halogens is 2. The molecule has 1 aliphatic carbocycles. The Morgan fingerprint density at radius 1 is 1.45 bits per heavy atom. The summed E-state index contributed by atoms with van der Waals surface area (Å²) in [6, 6.07) is 5.88. The van der Waals surface area contributed by atoms with E-state index in [-0.39, 0.29) is 11.5 Å². The first kappa shape index (κ1) is 14.5. The molecule has 106 valence electrons. The minimum Gasteiger partial charge on any atom is -0.323 e. The molecule has 2 N–H and O–H groups in total. The highest BCUT2D eigenvalue weighted by Gasteiger charge is 2.33. The Kier molecular flexibility index (Phi) is 3.70. The second-order valence-electron chi connectivity index (χ2n) is 6.11. The molecule has 2 nitrogen and oxygen atoms in total. The van der Waals surface area contributed by atoms with Gasteiger partial charge in [-0.15, -0.1) is 11.3 Å². The first-order valence-corrected chi connectivity index (χ1v) is 8.55. The molecule has 1 aliphatic rings. The summed E-state index contributed by atoms with van der Waals surface area (Å²) >= 11 is 11.4. The van der Waals surface area contributed by atoms with Gasteiger partial charge in [0, 0.05) is 26.0 Å². The second kappa shape index (κ2) is 5.09. The summed E-state index contributed by atoms with van der Waals surface area (Å²) in [5.41, 5.74) is 8.74. The fourth-order valence-corrected chi connectivity index (χ4v) is 4.62. The topological polar surface area (TPSA) is 38.9 Å². The molecule has 1 unspecified atom stereocenters. The summed E-state index contributed by atoms with van der Waals surface area (Å²) < 4.78 is 1.01. The van der Waals surface area contributed by atoms with Crippen LogP contribution in [0.5, 0.6) is 0 Å². The Morgan fingerprint density at radius 2 is 2.20 bits per heavy atom. The van der Waals surface area contributed by atoms with Crippen LogP contribution in [0, 0.1) is 5.41 Å². The Labute approximate surface area is 136 Å². The molecule has 5 heteroatoms. The standard InChI is InChI=1S/C15H16BrClN2S/c1-15(2)6-11(18)13-12(7-15)19-14(20-13)9-5-8(17)3-4-10(9)16/h3-5,11H,6-7,18H2,1-2H3. The van der Waals surface area contributed by atoms with Crippen molar-refractivity contribution in [3.63, 3.8) is 0 Å². The molecule has 1 aromatic carbocycles. The van der Waals surface area contributed by atoms with Crippen LogP contribution >= 0.6 is 38.9 Å². The van der Waals surface area contributed by atoms with E-state index in [1.807, 2.05) is 18.2 Å². The molecule has 0 bridgehead atoms. The lowest BCUT2D eigenvalue weighted by atomic mass is 9.77. The highest BCUT2D eigenvalue weighted by molar-refractivity contribution is 9.10. The normalized spacial score (nSPS) is 20.8. The molecular formula is C15H16BrClN2S. The van der Waals surface area contributed by atoms with E-state index in [1.165, 1.54) is 4.88 Å². The highest BCUT2D eigenvalue weighted by atomic mass is 79.9. The summed E-state index contributed by atoms with van der Waals surface area (Å²) in [6.07, 6.45) is 2.00. The van der Waals surface area contributed by atoms with Crippen LogP contribution < -0.4 is 5.73 Å². The van der Waals surface area contributed by atoms with Gasteiger partial charge in [-0.1, -0.05) is 41.4 Å². The van der Waals surface area contributed by atoms with Gasteiger partial charge in [0.15, 0.2) is 0 Å². The molecule has 1 aromatic heterocycles. The van der Waals surface area contributed by atoms with Crippen molar-refractivity contribution >= 4 is 38.9 Å². The number of hydrogen-bond acceptors (Lipinski definition) is 3. The molecule has 3 rings (SSSR count). The zero-order chi connectivity index (χ0) is 14.5. The number of nitrogens with two attached hydrogens (primary N) is 1. The number of nitrogens with zero attached hydrogens (tertiary/aromatic N) is 1. The van der Waals surface area contributed by atoms with Gasteiger partial charge in [0.05, 0.1) is 5.69 Å². The lowest BCUT2D eigenvalue weighted by molar-refractivity contribution is 0.282. The lowest BCUT2D eigenvalue weighted by Crippen LogP contribution is -2.28. The van der Waals surface area contributed by atoms with Crippen molar-refractivity contribution < 1.29 is 0 Å². The zero-order valence-electron chi connectivity index (χ0n) is 11.4. The zero-order valence-corrected chi connectivity index (χ0v) is 14.6. The number of rotatable bonds is 1. The summed E-state index contributed by atoms with van der Waals surface area (Å²) in [6.45, 7) is 4.51. The van der Waals surface area contributed by atoms with Gasteiger partial charge in [-0.2, -0.15) is 0 Å². The van der Waals surface area contributed by atoms with Gasteiger partial charge < -0.3 is 5.73 Å². The number of benzene rings is 1. The van der Waals surface area contributed by atoms with Crippen molar-refractivity contribution in [3.8, 4) is 10.6 Å². The molecule has 0 aliphatic heterocycles. The van der Waals surface area contributed by atoms with Gasteiger partial charge in [-0.25, -0.2) is 4.98 Å². The van der Waals surface area contributed by atoms with Crippen molar-refractivity contribution in [2.24, 2.45) is 11.1 Å². The van der Waals surface area contributed by atoms with Crippen LogP contribution in [-0.2, 0) is 6.42 Å². The number of fused-ring (bicyclic) bond motifs is 1. The second-order valence-corrected chi connectivity index (χ2v) is 8.43. The monoisotopic (exact) mass is 370 g/mol. The Morgan fingerprint density at radius 3 is 2.95 bits per heavy atom. The van der Waals surface area contributed by atoms with E-state index in [0.717, 1.165) is 38.6 Å². The quantitative estimate of drug-likeness (QED) is 0.748. The van der Waals surface area contributed by atoms with Crippen molar-refractivity contribution in [1.29, 1.82) is 0 Å². The van der Waals surface area contributed by atoms with Crippen LogP contribution in [0.3, 0.4) is 0 Å². The van der Waals surface area contributed by atoms with Gasteiger partial charge in [0.2, 0.25) is 0 Å². The largest absolute Gasteiger partial charge is 0.323 e. The molecule has 2 aromatic rings. The summed E-state index contributed by atoms with van der Waals surface area (Å²) in [7, 11) is 0. The Bertz CT molecular complexity index is 666. The van der Waals surface area contributed by atoms with Crippen molar-refractivity contribution in [1.82, 2.24) is 4.98 Å². The average Bonchev–Trinajstić information content (AvgIpc) is 2.74. The first-order chi connectivity index (χ1) is 9.35.